The van der Waals surface area contributed by atoms with E-state index in [0.29, 0.717) is 19.6 Å². The second-order valence-electron chi connectivity index (χ2n) is 5.56. The molecule has 1 heterocycles. The zero-order valence-corrected chi connectivity index (χ0v) is 13.0. The van der Waals surface area contributed by atoms with Crippen LogP contribution in [0, 0.1) is 5.92 Å². The van der Waals surface area contributed by atoms with E-state index in [2.05, 4.69) is 12.2 Å². The Hall–Kier alpha value is -0.910. The Kier molecular flexibility index (Phi) is 5.57. The molecule has 112 valence electrons. The van der Waals surface area contributed by atoms with Gasteiger partial charge in [-0.15, -0.1) is 11.3 Å². The van der Waals surface area contributed by atoms with E-state index in [0.717, 1.165) is 23.6 Å². The molecule has 0 radical (unpaired) electrons. The fourth-order valence-electron chi connectivity index (χ4n) is 2.53. The lowest BCUT2D eigenvalue weighted by atomic mass is 9.90. The van der Waals surface area contributed by atoms with Gasteiger partial charge in [-0.25, -0.2) is 0 Å². The number of rotatable bonds is 6. The summed E-state index contributed by atoms with van der Waals surface area (Å²) >= 11 is 1.62. The fraction of sp³-hybridized carbons (Fsp3) is 0.667. The van der Waals surface area contributed by atoms with Gasteiger partial charge in [0.2, 0.25) is 0 Å². The Balaban J connectivity index is 1.84. The van der Waals surface area contributed by atoms with Gasteiger partial charge in [0.15, 0.2) is 0 Å². The van der Waals surface area contributed by atoms with Crippen molar-refractivity contribution in [1.82, 2.24) is 5.32 Å². The molecule has 1 aromatic rings. The minimum Gasteiger partial charge on any atom is -0.391 e. The van der Waals surface area contributed by atoms with Crippen LogP contribution in [0.1, 0.15) is 39.9 Å². The van der Waals surface area contributed by atoms with Crippen LogP contribution in [0.2, 0.25) is 0 Å². The van der Waals surface area contributed by atoms with E-state index in [-0.39, 0.29) is 5.91 Å². The molecule has 1 aliphatic rings. The van der Waals surface area contributed by atoms with Crippen molar-refractivity contribution in [3.05, 3.63) is 21.4 Å². The maximum absolute atomic E-state index is 12.1. The molecule has 0 saturated heterocycles. The predicted molar refractivity (Wildman–Crippen MR) is 80.3 cm³/mol. The monoisotopic (exact) mass is 297 g/mol. The number of aliphatic hydroxyl groups excluding tert-OH is 1. The quantitative estimate of drug-likeness (QED) is 0.844. The lowest BCUT2D eigenvalue weighted by Crippen LogP contribution is -2.27. The third-order valence-corrected chi connectivity index (χ3v) is 4.91. The third kappa shape index (κ3) is 4.04. The summed E-state index contributed by atoms with van der Waals surface area (Å²) in [6.45, 7) is 3.04. The van der Waals surface area contributed by atoms with E-state index < -0.39 is 6.10 Å². The van der Waals surface area contributed by atoms with Crippen LogP contribution < -0.4 is 5.32 Å². The first-order valence-electron chi connectivity index (χ1n) is 7.17. The Labute approximate surface area is 124 Å². The molecular weight excluding hydrogens is 274 g/mol. The first kappa shape index (κ1) is 15.5. The van der Waals surface area contributed by atoms with Crippen LogP contribution in [0.15, 0.2) is 6.07 Å². The number of aryl methyl sites for hydroxylation is 1. The molecule has 0 bridgehead atoms. The Morgan fingerprint density at radius 3 is 3.20 bits per heavy atom. The Bertz CT molecular complexity index is 458. The van der Waals surface area contributed by atoms with Gasteiger partial charge in [-0.2, -0.15) is 0 Å². The molecule has 1 aliphatic carbocycles. The minimum atomic E-state index is -0.516. The maximum atomic E-state index is 12.1. The van der Waals surface area contributed by atoms with E-state index in [1.54, 1.807) is 18.4 Å². The van der Waals surface area contributed by atoms with Crippen molar-refractivity contribution in [2.75, 3.05) is 20.3 Å². The van der Waals surface area contributed by atoms with Gasteiger partial charge in [0, 0.05) is 18.5 Å². The molecule has 4 nitrogen and oxygen atoms in total. The fourth-order valence-corrected chi connectivity index (χ4v) is 3.66. The molecule has 2 N–H and O–H groups in total. The highest BCUT2D eigenvalue weighted by molar-refractivity contribution is 7.14. The first-order chi connectivity index (χ1) is 9.60. The first-order valence-corrected chi connectivity index (χ1v) is 7.98. The lowest BCUT2D eigenvalue weighted by molar-refractivity contribution is 0.0588. The average Bonchev–Trinajstić information content (AvgIpc) is 2.82. The van der Waals surface area contributed by atoms with Gasteiger partial charge in [-0.3, -0.25) is 4.79 Å². The molecule has 0 aromatic carbocycles. The second-order valence-corrected chi connectivity index (χ2v) is 6.70. The Morgan fingerprint density at radius 1 is 1.65 bits per heavy atom. The smallest absolute Gasteiger partial charge is 0.261 e. The van der Waals surface area contributed by atoms with Crippen LogP contribution in [0.5, 0.6) is 0 Å². The van der Waals surface area contributed by atoms with E-state index >= 15 is 0 Å². The van der Waals surface area contributed by atoms with Crippen LogP contribution in [0.3, 0.4) is 0 Å². The molecule has 0 spiro atoms. The van der Waals surface area contributed by atoms with Crippen LogP contribution in [-0.2, 0) is 17.6 Å². The molecular formula is C15H23NO3S. The summed E-state index contributed by atoms with van der Waals surface area (Å²) in [5, 5.41) is 12.4. The number of methoxy groups -OCH3 is 1. The topological polar surface area (TPSA) is 58.6 Å². The number of amides is 1. The van der Waals surface area contributed by atoms with Gasteiger partial charge < -0.3 is 15.2 Å². The number of hydrogen-bond donors (Lipinski definition) is 2. The molecule has 2 rings (SSSR count). The summed E-state index contributed by atoms with van der Waals surface area (Å²) < 4.78 is 4.85. The van der Waals surface area contributed by atoms with Crippen molar-refractivity contribution < 1.29 is 14.6 Å². The van der Waals surface area contributed by atoms with Gasteiger partial charge in [-0.1, -0.05) is 6.92 Å². The van der Waals surface area contributed by atoms with Crippen molar-refractivity contribution in [2.24, 2.45) is 5.92 Å². The van der Waals surface area contributed by atoms with Crippen LogP contribution in [0.4, 0.5) is 0 Å². The molecule has 20 heavy (non-hydrogen) atoms. The van der Waals surface area contributed by atoms with Crippen molar-refractivity contribution in [3.8, 4) is 0 Å². The highest BCUT2D eigenvalue weighted by Gasteiger charge is 2.20. The van der Waals surface area contributed by atoms with Crippen LogP contribution >= 0.6 is 11.3 Å². The number of hydrogen-bond acceptors (Lipinski definition) is 4. The number of aliphatic hydroxyl groups is 1. The number of carbonyl (C=O) groups excluding carboxylic acids is 1. The van der Waals surface area contributed by atoms with E-state index in [4.69, 9.17) is 4.74 Å². The zero-order valence-electron chi connectivity index (χ0n) is 12.1. The summed E-state index contributed by atoms with van der Waals surface area (Å²) in [6.07, 6.45) is 3.41. The number of ether oxygens (including phenoxy) is 1. The number of carbonyl (C=O) groups is 1. The molecule has 2 atom stereocenters. The number of fused-ring (bicyclic) bond motifs is 1. The van der Waals surface area contributed by atoms with Crippen LogP contribution in [0.25, 0.3) is 0 Å². The van der Waals surface area contributed by atoms with E-state index in [1.807, 2.05) is 6.07 Å². The van der Waals surface area contributed by atoms with Gasteiger partial charge in [-0.05, 0) is 43.2 Å². The molecule has 2 unspecified atom stereocenters. The number of nitrogens with one attached hydrogen (secondary N) is 1. The van der Waals surface area contributed by atoms with Gasteiger partial charge in [0.25, 0.3) is 5.91 Å². The molecule has 1 aromatic heterocycles. The predicted octanol–water partition coefficient (Wildman–Crippen LogP) is 2.00. The molecule has 5 heteroatoms. The summed E-state index contributed by atoms with van der Waals surface area (Å²) in [6, 6.07) is 2.04. The number of thiophene rings is 1. The van der Waals surface area contributed by atoms with Crippen molar-refractivity contribution in [1.29, 1.82) is 0 Å². The maximum Gasteiger partial charge on any atom is 0.261 e. The standard InChI is InChI=1S/C15H23NO3S/c1-10-3-4-13-11(7-10)8-14(20-13)15(18)16-6-5-12(17)9-19-2/h8,10,12,17H,3-7,9H2,1-2H3,(H,16,18). The SMILES string of the molecule is COCC(O)CCNC(=O)c1cc2c(s1)CCC(C)C2. The molecule has 0 fully saturated rings. The van der Waals surface area contributed by atoms with E-state index in [9.17, 15) is 9.90 Å². The summed E-state index contributed by atoms with van der Waals surface area (Å²) in [7, 11) is 1.55. The highest BCUT2D eigenvalue weighted by atomic mass is 32.1. The highest BCUT2D eigenvalue weighted by Crippen LogP contribution is 2.32. The van der Waals surface area contributed by atoms with Crippen LogP contribution in [-0.4, -0.2) is 37.4 Å². The second kappa shape index (κ2) is 7.20. The summed E-state index contributed by atoms with van der Waals surface area (Å²) in [5.74, 6) is 0.693. The van der Waals surface area contributed by atoms with Crippen molar-refractivity contribution >= 4 is 17.2 Å². The molecule has 1 amide bonds. The molecule has 0 aliphatic heterocycles. The van der Waals surface area contributed by atoms with Gasteiger partial charge in [0.1, 0.15) is 0 Å². The average molecular weight is 297 g/mol. The third-order valence-electron chi connectivity index (χ3n) is 3.68. The normalized spacial score (nSPS) is 19.4. The molecule has 0 saturated carbocycles. The summed E-state index contributed by atoms with van der Waals surface area (Å²) in [5.41, 5.74) is 1.35. The van der Waals surface area contributed by atoms with Gasteiger partial charge in [0.05, 0.1) is 17.6 Å². The zero-order chi connectivity index (χ0) is 14.5. The van der Waals surface area contributed by atoms with Crippen molar-refractivity contribution in [3.63, 3.8) is 0 Å². The Morgan fingerprint density at radius 2 is 2.45 bits per heavy atom. The summed E-state index contributed by atoms with van der Waals surface area (Å²) in [4.78, 5) is 14.2. The largest absolute Gasteiger partial charge is 0.391 e. The van der Waals surface area contributed by atoms with E-state index in [1.165, 1.54) is 16.9 Å². The minimum absolute atomic E-state index is 0.0262. The van der Waals surface area contributed by atoms with Crippen molar-refractivity contribution in [2.45, 2.75) is 38.7 Å². The van der Waals surface area contributed by atoms with Gasteiger partial charge >= 0.3 is 0 Å². The lowest BCUT2D eigenvalue weighted by Gasteiger charge is -2.16.